The molecule has 1 aliphatic rings. The van der Waals surface area contributed by atoms with Crippen molar-refractivity contribution in [1.29, 1.82) is 0 Å². The monoisotopic (exact) mass is 483 g/mol. The lowest BCUT2D eigenvalue weighted by atomic mass is 10.0. The van der Waals surface area contributed by atoms with Gasteiger partial charge in [0.15, 0.2) is 5.13 Å². The number of thiophene rings is 1. The Morgan fingerprint density at radius 3 is 2.59 bits per heavy atom. The molecule has 0 unspecified atom stereocenters. The highest BCUT2D eigenvalue weighted by atomic mass is 32.1. The summed E-state index contributed by atoms with van der Waals surface area (Å²) in [6.07, 6.45) is 0.862. The topological polar surface area (TPSA) is 84.1 Å². The molecular formula is C26H21N5OS2. The lowest BCUT2D eigenvalue weighted by Gasteiger charge is -2.30. The summed E-state index contributed by atoms with van der Waals surface area (Å²) in [4.78, 5) is 26.1. The van der Waals surface area contributed by atoms with Gasteiger partial charge in [-0.2, -0.15) is 0 Å². The van der Waals surface area contributed by atoms with Crippen molar-refractivity contribution in [1.82, 2.24) is 9.97 Å². The Bertz CT molecular complexity index is 1490. The first-order valence-electron chi connectivity index (χ1n) is 11.0. The molecule has 5 aromatic rings. The van der Waals surface area contributed by atoms with Crippen LogP contribution in [0.1, 0.15) is 20.9 Å². The number of carbonyl (C=O) groups is 1. The predicted octanol–water partition coefficient (Wildman–Crippen LogP) is 5.82. The average molecular weight is 484 g/mol. The molecule has 3 N–H and O–H groups in total. The van der Waals surface area contributed by atoms with Gasteiger partial charge in [-0.05, 0) is 23.8 Å². The van der Waals surface area contributed by atoms with Crippen LogP contribution in [0.25, 0.3) is 21.5 Å². The number of hydrogen-bond acceptors (Lipinski definition) is 7. The van der Waals surface area contributed by atoms with Crippen molar-refractivity contribution >= 4 is 55.3 Å². The molecule has 4 heterocycles. The fourth-order valence-electron chi connectivity index (χ4n) is 4.25. The maximum atomic E-state index is 13.1. The molecule has 168 valence electrons. The fraction of sp³-hybridized carbons (Fsp3) is 0.115. The summed E-state index contributed by atoms with van der Waals surface area (Å²) in [6.45, 7) is 1.69. The van der Waals surface area contributed by atoms with Crippen LogP contribution >= 0.6 is 22.7 Å². The van der Waals surface area contributed by atoms with Crippen molar-refractivity contribution in [2.45, 2.75) is 13.0 Å². The van der Waals surface area contributed by atoms with E-state index in [-0.39, 0.29) is 5.91 Å². The molecule has 1 aliphatic heterocycles. The Kier molecular flexibility index (Phi) is 5.24. The van der Waals surface area contributed by atoms with Gasteiger partial charge in [-0.25, -0.2) is 9.97 Å². The van der Waals surface area contributed by atoms with Gasteiger partial charge in [-0.3, -0.25) is 10.1 Å². The Balaban J connectivity index is 1.26. The number of fused-ring (bicyclic) bond motifs is 2. The summed E-state index contributed by atoms with van der Waals surface area (Å²) in [5.41, 5.74) is 12.2. The Morgan fingerprint density at radius 1 is 1.03 bits per heavy atom. The number of hydrogen-bond donors (Lipinski definition) is 2. The number of para-hydroxylation sites is 1. The normalized spacial score (nSPS) is 13.1. The van der Waals surface area contributed by atoms with Crippen LogP contribution < -0.4 is 16.0 Å². The van der Waals surface area contributed by atoms with Crippen LogP contribution in [-0.2, 0) is 13.0 Å². The second-order valence-corrected chi connectivity index (χ2v) is 10.0. The van der Waals surface area contributed by atoms with Gasteiger partial charge in [0.2, 0.25) is 0 Å². The summed E-state index contributed by atoms with van der Waals surface area (Å²) < 4.78 is 0. The number of amides is 1. The number of aromatic nitrogens is 2. The molecule has 8 heteroatoms. The lowest BCUT2D eigenvalue weighted by Crippen LogP contribution is -2.30. The van der Waals surface area contributed by atoms with Gasteiger partial charge in [0, 0.05) is 47.2 Å². The standard InChI is InChI=1S/C26H21N5OS2/c27-22-19-13-17-14-31(18-9-5-2-6-10-18)12-11-20(17)28-25(19)34-23(22)24(32)30-26-29-21(15-33-26)16-7-3-1-4-8-16/h1-10,13,15H,11-12,14,27H2,(H,29,30,32). The summed E-state index contributed by atoms with van der Waals surface area (Å²) in [7, 11) is 0. The van der Waals surface area contributed by atoms with E-state index >= 15 is 0 Å². The van der Waals surface area contributed by atoms with Gasteiger partial charge in [-0.1, -0.05) is 48.5 Å². The fourth-order valence-corrected chi connectivity index (χ4v) is 5.96. The minimum absolute atomic E-state index is 0.252. The van der Waals surface area contributed by atoms with E-state index in [1.807, 2.05) is 41.8 Å². The molecule has 0 saturated carbocycles. The molecule has 2 aromatic carbocycles. The highest BCUT2D eigenvalue weighted by Gasteiger charge is 2.23. The van der Waals surface area contributed by atoms with E-state index in [4.69, 9.17) is 10.7 Å². The number of benzene rings is 2. The second kappa shape index (κ2) is 8.55. The van der Waals surface area contributed by atoms with Gasteiger partial charge >= 0.3 is 0 Å². The van der Waals surface area contributed by atoms with Crippen LogP contribution in [0.2, 0.25) is 0 Å². The highest BCUT2D eigenvalue weighted by molar-refractivity contribution is 7.21. The second-order valence-electron chi connectivity index (χ2n) is 8.16. The summed E-state index contributed by atoms with van der Waals surface area (Å²) in [5, 5.41) is 6.24. The van der Waals surface area contributed by atoms with Crippen LogP contribution in [-0.4, -0.2) is 22.4 Å². The number of nitrogens with one attached hydrogen (secondary N) is 1. The number of anilines is 3. The maximum absolute atomic E-state index is 13.1. The summed E-state index contributed by atoms with van der Waals surface area (Å²) in [5.74, 6) is -0.252. The number of nitrogen functional groups attached to an aromatic ring is 1. The number of nitrogens with two attached hydrogens (primary N) is 1. The first-order valence-corrected chi connectivity index (χ1v) is 12.7. The van der Waals surface area contributed by atoms with Crippen molar-refractivity contribution in [3.05, 3.63) is 88.2 Å². The van der Waals surface area contributed by atoms with Crippen LogP contribution in [0, 0.1) is 0 Å². The van der Waals surface area contributed by atoms with Crippen LogP contribution in [0.4, 0.5) is 16.5 Å². The molecule has 0 bridgehead atoms. The Labute approximate surface area is 204 Å². The predicted molar refractivity (Wildman–Crippen MR) is 141 cm³/mol. The smallest absolute Gasteiger partial charge is 0.269 e. The number of rotatable bonds is 4. The van der Waals surface area contributed by atoms with Gasteiger partial charge in [-0.15, -0.1) is 22.7 Å². The van der Waals surface area contributed by atoms with Crippen LogP contribution in [0.15, 0.2) is 72.1 Å². The Hall–Kier alpha value is -3.75. The van der Waals surface area contributed by atoms with Crippen molar-refractivity contribution in [3.63, 3.8) is 0 Å². The van der Waals surface area contributed by atoms with Gasteiger partial charge in [0.05, 0.1) is 11.4 Å². The molecule has 3 aromatic heterocycles. The SMILES string of the molecule is Nc1c(C(=O)Nc2nc(-c3ccccc3)cs2)sc2nc3c(cc12)CN(c1ccccc1)CC3. The zero-order chi connectivity index (χ0) is 23.1. The van der Waals surface area contributed by atoms with Gasteiger partial charge < -0.3 is 10.6 Å². The van der Waals surface area contributed by atoms with Gasteiger partial charge in [0.25, 0.3) is 5.91 Å². The number of pyridine rings is 1. The zero-order valence-electron chi connectivity index (χ0n) is 18.2. The summed E-state index contributed by atoms with van der Waals surface area (Å²) in [6, 6.07) is 22.4. The van der Waals surface area contributed by atoms with Crippen molar-refractivity contribution in [2.24, 2.45) is 0 Å². The minimum Gasteiger partial charge on any atom is -0.397 e. The quantitative estimate of drug-likeness (QED) is 0.337. The molecule has 0 spiro atoms. The average Bonchev–Trinajstić information content (AvgIpc) is 3.48. The van der Waals surface area contributed by atoms with E-state index in [1.54, 1.807) is 0 Å². The van der Waals surface area contributed by atoms with Crippen molar-refractivity contribution in [3.8, 4) is 11.3 Å². The first-order chi connectivity index (χ1) is 16.7. The van der Waals surface area contributed by atoms with E-state index in [9.17, 15) is 4.79 Å². The molecule has 6 nitrogen and oxygen atoms in total. The van der Waals surface area contributed by atoms with E-state index in [2.05, 4.69) is 45.5 Å². The third kappa shape index (κ3) is 3.81. The first kappa shape index (κ1) is 20.8. The number of nitrogens with zero attached hydrogens (tertiary/aromatic N) is 3. The molecule has 34 heavy (non-hydrogen) atoms. The summed E-state index contributed by atoms with van der Waals surface area (Å²) >= 11 is 2.74. The number of thiazole rings is 1. The van der Waals surface area contributed by atoms with Crippen molar-refractivity contribution < 1.29 is 4.79 Å². The van der Waals surface area contributed by atoms with Crippen LogP contribution in [0.5, 0.6) is 0 Å². The highest BCUT2D eigenvalue weighted by Crippen LogP contribution is 2.36. The largest absolute Gasteiger partial charge is 0.397 e. The van der Waals surface area contributed by atoms with Crippen molar-refractivity contribution in [2.75, 3.05) is 22.5 Å². The molecule has 0 aliphatic carbocycles. The van der Waals surface area contributed by atoms with E-state index < -0.39 is 0 Å². The number of carbonyl (C=O) groups excluding carboxylic acids is 1. The van der Waals surface area contributed by atoms with E-state index in [0.717, 1.165) is 52.2 Å². The van der Waals surface area contributed by atoms with Gasteiger partial charge in [0.1, 0.15) is 9.71 Å². The molecule has 1 amide bonds. The minimum atomic E-state index is -0.252. The van der Waals surface area contributed by atoms with Crippen LogP contribution in [0.3, 0.4) is 0 Å². The van der Waals surface area contributed by atoms with E-state index in [0.29, 0.717) is 15.7 Å². The Morgan fingerprint density at radius 2 is 1.79 bits per heavy atom. The molecule has 0 atom stereocenters. The third-order valence-electron chi connectivity index (χ3n) is 5.99. The van der Waals surface area contributed by atoms with E-state index in [1.165, 1.54) is 28.4 Å². The molecular weight excluding hydrogens is 462 g/mol. The lowest BCUT2D eigenvalue weighted by molar-refractivity contribution is 0.103. The zero-order valence-corrected chi connectivity index (χ0v) is 19.8. The molecule has 0 radical (unpaired) electrons. The third-order valence-corrected chi connectivity index (χ3v) is 7.86. The maximum Gasteiger partial charge on any atom is 0.269 e. The molecule has 0 saturated heterocycles. The molecule has 6 rings (SSSR count). The molecule has 0 fully saturated rings.